The molecule has 10 heteroatoms. The minimum absolute atomic E-state index is 0.491. The summed E-state index contributed by atoms with van der Waals surface area (Å²) in [5.74, 6) is 1.81. The number of H-pyrrole nitrogens is 1. The van der Waals surface area contributed by atoms with Crippen molar-refractivity contribution in [2.45, 2.75) is 6.54 Å². The van der Waals surface area contributed by atoms with Crippen LogP contribution in [-0.2, 0) is 6.54 Å². The van der Waals surface area contributed by atoms with E-state index >= 15 is 0 Å². The van der Waals surface area contributed by atoms with E-state index < -0.39 is 0 Å². The molecule has 7 nitrogen and oxygen atoms in total. The number of amidine groups is 1. The van der Waals surface area contributed by atoms with Gasteiger partial charge in [-0.3, -0.25) is 0 Å². The summed E-state index contributed by atoms with van der Waals surface area (Å²) in [5.41, 5.74) is 5.82. The Bertz CT molecular complexity index is 1150. The topological polar surface area (TPSA) is 93.8 Å². The summed E-state index contributed by atoms with van der Waals surface area (Å²) < 4.78 is 0. The third kappa shape index (κ3) is 4.97. The number of pyridine rings is 1. The minimum Gasteiger partial charge on any atom is -0.345 e. The maximum Gasteiger partial charge on any atom is 0.208 e. The van der Waals surface area contributed by atoms with Crippen LogP contribution in [0, 0.1) is 11.5 Å². The first kappa shape index (κ1) is 20.3. The van der Waals surface area contributed by atoms with Crippen molar-refractivity contribution in [1.82, 2.24) is 24.8 Å². The largest absolute Gasteiger partial charge is 0.345 e. The van der Waals surface area contributed by atoms with Gasteiger partial charge in [0.25, 0.3) is 0 Å². The summed E-state index contributed by atoms with van der Waals surface area (Å²) in [6.45, 7) is 1.63. The van der Waals surface area contributed by atoms with Crippen molar-refractivity contribution < 1.29 is 0 Å². The summed E-state index contributed by atoms with van der Waals surface area (Å²) in [5, 5.41) is 11.8. The molecule has 5 rings (SSSR count). The Hall–Kier alpha value is -2.93. The predicted octanol–water partition coefficient (Wildman–Crippen LogP) is 4.81. The number of thioether (sulfide) groups is 1. The van der Waals surface area contributed by atoms with Gasteiger partial charge in [-0.1, -0.05) is 41.6 Å². The average molecular weight is 454 g/mol. The molecule has 1 aromatic carbocycles. The maximum atomic E-state index is 8.54. The zero-order valence-corrected chi connectivity index (χ0v) is 18.1. The number of nitrogens with one attached hydrogen (secondary N) is 1. The molecule has 0 amide bonds. The average Bonchev–Trinajstić information content (AvgIpc) is 3.51. The number of halogens is 1. The van der Waals surface area contributed by atoms with Crippen molar-refractivity contribution in [1.29, 1.82) is 5.26 Å². The zero-order chi connectivity index (χ0) is 20.8. The van der Waals surface area contributed by atoms with Gasteiger partial charge in [0.15, 0.2) is 11.0 Å². The molecule has 1 saturated heterocycles. The number of para-hydroxylation sites is 2. The van der Waals surface area contributed by atoms with E-state index in [4.69, 9.17) is 16.9 Å². The van der Waals surface area contributed by atoms with Gasteiger partial charge in [0.2, 0.25) is 6.19 Å². The first-order chi connectivity index (χ1) is 14.7. The van der Waals surface area contributed by atoms with E-state index in [-0.39, 0.29) is 0 Å². The number of aromatic amines is 1. The summed E-state index contributed by atoms with van der Waals surface area (Å²) in [6, 6.07) is 11.7. The van der Waals surface area contributed by atoms with Crippen LogP contribution in [0.4, 0.5) is 0 Å². The smallest absolute Gasteiger partial charge is 0.208 e. The summed E-state index contributed by atoms with van der Waals surface area (Å²) >= 11 is 8.89. The van der Waals surface area contributed by atoms with Gasteiger partial charge < -0.3 is 9.88 Å². The van der Waals surface area contributed by atoms with Crippen LogP contribution in [0.25, 0.3) is 22.6 Å². The van der Waals surface area contributed by atoms with Gasteiger partial charge in [-0.25, -0.2) is 15.0 Å². The third-order valence-electron chi connectivity index (χ3n) is 4.23. The fourth-order valence-electron chi connectivity index (χ4n) is 2.85. The summed E-state index contributed by atoms with van der Waals surface area (Å²) in [7, 11) is 0. The van der Waals surface area contributed by atoms with Crippen molar-refractivity contribution >= 4 is 50.9 Å². The molecule has 0 radical (unpaired) electrons. The van der Waals surface area contributed by atoms with Crippen LogP contribution in [0.1, 0.15) is 5.56 Å². The molecule has 4 aromatic rings. The lowest BCUT2D eigenvalue weighted by Gasteiger charge is -2.16. The Morgan fingerprint density at radius 2 is 2.13 bits per heavy atom. The van der Waals surface area contributed by atoms with E-state index in [0.29, 0.717) is 5.15 Å². The number of aliphatic imine (C=N–C) groups is 1. The molecule has 1 aliphatic heterocycles. The predicted molar refractivity (Wildman–Crippen MR) is 122 cm³/mol. The highest BCUT2D eigenvalue weighted by Gasteiger charge is 2.19. The number of nitrogens with zero attached hydrogens (tertiary/aromatic N) is 6. The molecule has 0 atom stereocenters. The molecule has 0 spiro atoms. The minimum atomic E-state index is 0.491. The van der Waals surface area contributed by atoms with Crippen molar-refractivity contribution in [3.05, 3.63) is 64.2 Å². The number of hydrogen-bond donors (Lipinski definition) is 1. The van der Waals surface area contributed by atoms with E-state index in [2.05, 4.69) is 29.8 Å². The Morgan fingerprint density at radius 1 is 1.23 bits per heavy atom. The molecule has 1 fully saturated rings. The van der Waals surface area contributed by atoms with Crippen LogP contribution in [0.15, 0.2) is 58.5 Å². The van der Waals surface area contributed by atoms with Gasteiger partial charge in [0, 0.05) is 30.4 Å². The van der Waals surface area contributed by atoms with Gasteiger partial charge in [-0.05, 0) is 23.8 Å². The van der Waals surface area contributed by atoms with Gasteiger partial charge in [0.1, 0.15) is 10.8 Å². The number of imidazole rings is 1. The number of thiazole rings is 1. The first-order valence-corrected chi connectivity index (χ1v) is 11.3. The molecule has 4 heterocycles. The van der Waals surface area contributed by atoms with Crippen LogP contribution < -0.4 is 0 Å². The van der Waals surface area contributed by atoms with E-state index in [1.165, 1.54) is 0 Å². The monoisotopic (exact) mass is 453 g/mol. The number of benzene rings is 1. The molecule has 3 aromatic heterocycles. The number of hydrogen-bond acceptors (Lipinski definition) is 7. The van der Waals surface area contributed by atoms with Crippen molar-refractivity contribution in [3.8, 4) is 17.7 Å². The molecular weight excluding hydrogens is 438 g/mol. The number of rotatable bonds is 3. The molecule has 30 heavy (non-hydrogen) atoms. The first-order valence-electron chi connectivity index (χ1n) is 9.01. The lowest BCUT2D eigenvalue weighted by atomic mass is 10.3. The molecular formula is C20H16ClN7S2. The SMILES string of the molecule is N#CN=C1SCCN1Cc1ccc(Cl)nc1.c1ccc2[nH]c(-c3cscn3)nc2c1. The van der Waals surface area contributed by atoms with Crippen LogP contribution in [0.2, 0.25) is 5.15 Å². The quantitative estimate of drug-likeness (QED) is 0.353. The summed E-state index contributed by atoms with van der Waals surface area (Å²) in [6.07, 6.45) is 3.57. The fraction of sp³-hybridized carbons (Fsp3) is 0.150. The lowest BCUT2D eigenvalue weighted by molar-refractivity contribution is 0.456. The number of fused-ring (bicyclic) bond motifs is 1. The second-order valence-corrected chi connectivity index (χ2v) is 8.40. The van der Waals surface area contributed by atoms with E-state index in [9.17, 15) is 0 Å². The van der Waals surface area contributed by atoms with E-state index in [0.717, 1.165) is 52.1 Å². The van der Waals surface area contributed by atoms with Crippen LogP contribution >= 0.6 is 34.7 Å². The Labute approximate surface area is 186 Å². The lowest BCUT2D eigenvalue weighted by Crippen LogP contribution is -2.23. The zero-order valence-electron chi connectivity index (χ0n) is 15.7. The van der Waals surface area contributed by atoms with Gasteiger partial charge in [-0.2, -0.15) is 5.26 Å². The van der Waals surface area contributed by atoms with Crippen molar-refractivity contribution in [2.75, 3.05) is 12.3 Å². The molecule has 150 valence electrons. The molecule has 0 unspecified atom stereocenters. The molecule has 0 bridgehead atoms. The second-order valence-electron chi connectivity index (χ2n) is 6.23. The highest BCUT2D eigenvalue weighted by Crippen LogP contribution is 2.21. The van der Waals surface area contributed by atoms with Gasteiger partial charge >= 0.3 is 0 Å². The van der Waals surface area contributed by atoms with Crippen molar-refractivity contribution in [2.24, 2.45) is 4.99 Å². The molecule has 1 N–H and O–H groups in total. The highest BCUT2D eigenvalue weighted by molar-refractivity contribution is 8.14. The van der Waals surface area contributed by atoms with Crippen LogP contribution in [-0.4, -0.2) is 42.3 Å². The van der Waals surface area contributed by atoms with Gasteiger partial charge in [0.05, 0.1) is 16.5 Å². The van der Waals surface area contributed by atoms with Gasteiger partial charge in [-0.15, -0.1) is 16.3 Å². The molecule has 0 aliphatic carbocycles. The molecule has 0 saturated carbocycles. The summed E-state index contributed by atoms with van der Waals surface area (Å²) in [4.78, 5) is 21.8. The Kier molecular flexibility index (Phi) is 6.59. The normalized spacial score (nSPS) is 14.5. The third-order valence-corrected chi connectivity index (χ3v) is 6.04. The van der Waals surface area contributed by atoms with Crippen LogP contribution in [0.5, 0.6) is 0 Å². The van der Waals surface area contributed by atoms with Crippen LogP contribution in [0.3, 0.4) is 0 Å². The Balaban J connectivity index is 0.000000146. The van der Waals surface area contributed by atoms with E-state index in [1.807, 2.05) is 47.4 Å². The number of nitriles is 1. The standard InChI is InChI=1S/C10H9ClN4S.C10H7N3S/c11-9-2-1-8(5-13-9)6-15-3-4-16-10(15)14-7-12;1-2-4-8-7(3-1)12-10(13-8)9-5-14-6-11-9/h1-2,5H,3-4,6H2;1-6H,(H,12,13). The Morgan fingerprint density at radius 3 is 2.87 bits per heavy atom. The van der Waals surface area contributed by atoms with E-state index in [1.54, 1.807) is 35.4 Å². The molecule has 1 aliphatic rings. The van der Waals surface area contributed by atoms with Crippen molar-refractivity contribution in [3.63, 3.8) is 0 Å². The highest BCUT2D eigenvalue weighted by atomic mass is 35.5. The fourth-order valence-corrected chi connectivity index (χ4v) is 4.44. The number of aromatic nitrogens is 4. The second kappa shape index (κ2) is 9.71. The maximum absolute atomic E-state index is 8.54.